The van der Waals surface area contributed by atoms with Crippen LogP contribution >= 0.6 is 0 Å². The highest BCUT2D eigenvalue weighted by Gasteiger charge is 2.42. The minimum Gasteiger partial charge on any atom is -0.497 e. The van der Waals surface area contributed by atoms with Crippen molar-refractivity contribution in [1.82, 2.24) is 4.90 Å². The van der Waals surface area contributed by atoms with Crippen LogP contribution in [-0.4, -0.2) is 31.1 Å². The highest BCUT2D eigenvalue weighted by atomic mass is 16.5. The van der Waals surface area contributed by atoms with Crippen molar-refractivity contribution in [2.24, 2.45) is 0 Å². The Balaban J connectivity index is 1.60. The van der Waals surface area contributed by atoms with E-state index >= 15 is 0 Å². The van der Waals surface area contributed by atoms with E-state index in [1.54, 1.807) is 18.1 Å². The molecule has 0 saturated heterocycles. The van der Waals surface area contributed by atoms with E-state index in [1.807, 2.05) is 74.5 Å². The maximum Gasteiger partial charge on any atom is 0.290 e. The second kappa shape index (κ2) is 9.29. The van der Waals surface area contributed by atoms with Gasteiger partial charge in [0.2, 0.25) is 5.76 Å². The Kier molecular flexibility index (Phi) is 6.03. The Labute approximate surface area is 203 Å². The Morgan fingerprint density at radius 2 is 1.77 bits per heavy atom. The van der Waals surface area contributed by atoms with Crippen molar-refractivity contribution in [3.8, 4) is 11.5 Å². The predicted molar refractivity (Wildman–Crippen MR) is 134 cm³/mol. The van der Waals surface area contributed by atoms with Gasteiger partial charge in [-0.1, -0.05) is 35.9 Å². The minimum atomic E-state index is -0.558. The highest BCUT2D eigenvalue weighted by Crippen LogP contribution is 2.39. The largest absolute Gasteiger partial charge is 0.497 e. The van der Waals surface area contributed by atoms with Crippen LogP contribution < -0.4 is 14.9 Å². The lowest BCUT2D eigenvalue weighted by atomic mass is 9.97. The maximum absolute atomic E-state index is 13.7. The van der Waals surface area contributed by atoms with Crippen LogP contribution in [0.4, 0.5) is 0 Å². The molecule has 0 saturated carbocycles. The smallest absolute Gasteiger partial charge is 0.290 e. The molecule has 35 heavy (non-hydrogen) atoms. The molecule has 4 aromatic rings. The molecule has 1 aliphatic rings. The molecule has 1 aromatic heterocycles. The molecular formula is C29H27NO5. The molecule has 5 rings (SSSR count). The fraction of sp³-hybridized carbons (Fsp3) is 0.241. The van der Waals surface area contributed by atoms with E-state index in [0.717, 1.165) is 22.4 Å². The second-order valence-electron chi connectivity index (χ2n) is 8.68. The summed E-state index contributed by atoms with van der Waals surface area (Å²) < 4.78 is 17.0. The van der Waals surface area contributed by atoms with E-state index in [9.17, 15) is 9.59 Å². The Morgan fingerprint density at radius 3 is 2.51 bits per heavy atom. The number of hydrogen-bond donors (Lipinski definition) is 0. The lowest BCUT2D eigenvalue weighted by Gasteiger charge is -2.25. The van der Waals surface area contributed by atoms with Crippen molar-refractivity contribution >= 4 is 16.9 Å². The number of nitrogens with zero attached hydrogens (tertiary/aromatic N) is 1. The standard InChI is InChI=1S/C29H27NO5/c1-4-34-22-7-5-6-20(17-22)26-25-27(31)23-16-18(2)8-13-24(23)35-28(25)29(32)30(26)15-14-19-9-11-21(33-3)12-10-19/h5-13,16-17,26H,4,14-15H2,1-3H3. The first-order valence-corrected chi connectivity index (χ1v) is 11.7. The van der Waals surface area contributed by atoms with Crippen molar-refractivity contribution in [2.75, 3.05) is 20.3 Å². The topological polar surface area (TPSA) is 69.0 Å². The van der Waals surface area contributed by atoms with Crippen LogP contribution in [0, 0.1) is 6.92 Å². The molecule has 3 aromatic carbocycles. The number of methoxy groups -OCH3 is 1. The Morgan fingerprint density at radius 1 is 0.971 bits per heavy atom. The van der Waals surface area contributed by atoms with Crippen LogP contribution in [0.1, 0.15) is 45.8 Å². The van der Waals surface area contributed by atoms with E-state index < -0.39 is 6.04 Å². The molecule has 0 bridgehead atoms. The molecule has 178 valence electrons. The number of hydrogen-bond acceptors (Lipinski definition) is 5. The number of fused-ring (bicyclic) bond motifs is 2. The van der Waals surface area contributed by atoms with Gasteiger partial charge in [0.25, 0.3) is 5.91 Å². The van der Waals surface area contributed by atoms with Crippen molar-refractivity contribution in [3.63, 3.8) is 0 Å². The second-order valence-corrected chi connectivity index (χ2v) is 8.68. The van der Waals surface area contributed by atoms with Gasteiger partial charge in [0.1, 0.15) is 17.1 Å². The van der Waals surface area contributed by atoms with Crippen molar-refractivity contribution in [2.45, 2.75) is 26.3 Å². The minimum absolute atomic E-state index is 0.118. The van der Waals surface area contributed by atoms with Gasteiger partial charge in [0.15, 0.2) is 5.43 Å². The summed E-state index contributed by atoms with van der Waals surface area (Å²) >= 11 is 0. The number of ether oxygens (including phenoxy) is 2. The highest BCUT2D eigenvalue weighted by molar-refractivity contribution is 5.99. The number of carbonyl (C=O) groups is 1. The van der Waals surface area contributed by atoms with E-state index in [2.05, 4.69) is 0 Å². The van der Waals surface area contributed by atoms with E-state index in [-0.39, 0.29) is 17.1 Å². The molecule has 0 aliphatic carbocycles. The average molecular weight is 470 g/mol. The quantitative estimate of drug-likeness (QED) is 0.368. The first-order chi connectivity index (χ1) is 17.0. The van der Waals surface area contributed by atoms with Gasteiger partial charge < -0.3 is 18.8 Å². The zero-order valence-electron chi connectivity index (χ0n) is 20.0. The van der Waals surface area contributed by atoms with Crippen LogP contribution in [0.3, 0.4) is 0 Å². The van der Waals surface area contributed by atoms with Crippen molar-refractivity contribution in [3.05, 3.63) is 105 Å². The molecule has 0 spiro atoms. The van der Waals surface area contributed by atoms with Gasteiger partial charge >= 0.3 is 0 Å². The zero-order valence-corrected chi connectivity index (χ0v) is 20.0. The van der Waals surface area contributed by atoms with E-state index in [1.165, 1.54) is 0 Å². The van der Waals surface area contributed by atoms with Gasteiger partial charge in [0.05, 0.1) is 30.7 Å². The third-order valence-corrected chi connectivity index (χ3v) is 6.41. The molecule has 1 aliphatic heterocycles. The first-order valence-electron chi connectivity index (χ1n) is 11.7. The fourth-order valence-electron chi connectivity index (χ4n) is 4.69. The van der Waals surface area contributed by atoms with Gasteiger partial charge in [-0.15, -0.1) is 0 Å². The molecular weight excluding hydrogens is 442 g/mol. The third-order valence-electron chi connectivity index (χ3n) is 6.41. The first kappa shape index (κ1) is 22.7. The van der Waals surface area contributed by atoms with Gasteiger partial charge in [-0.3, -0.25) is 9.59 Å². The van der Waals surface area contributed by atoms with Crippen molar-refractivity contribution < 1.29 is 18.7 Å². The molecule has 1 amide bonds. The van der Waals surface area contributed by atoms with E-state index in [4.69, 9.17) is 13.9 Å². The lowest BCUT2D eigenvalue weighted by molar-refractivity contribution is 0.0730. The summed E-state index contributed by atoms with van der Waals surface area (Å²) in [6, 6.07) is 20.2. The number of rotatable bonds is 7. The molecule has 1 atom stereocenters. The van der Waals surface area contributed by atoms with Gasteiger partial charge in [-0.25, -0.2) is 0 Å². The van der Waals surface area contributed by atoms with Crippen LogP contribution in [0.15, 0.2) is 75.9 Å². The van der Waals surface area contributed by atoms with Gasteiger partial charge in [0, 0.05) is 6.54 Å². The number of amides is 1. The Hall–Kier alpha value is -4.06. The van der Waals surface area contributed by atoms with Crippen LogP contribution in [0.2, 0.25) is 0 Å². The zero-order chi connectivity index (χ0) is 24.5. The summed E-state index contributed by atoms with van der Waals surface area (Å²) in [4.78, 5) is 29.1. The summed E-state index contributed by atoms with van der Waals surface area (Å²) in [6.45, 7) is 4.80. The molecule has 0 radical (unpaired) electrons. The van der Waals surface area contributed by atoms with Crippen LogP contribution in [0.5, 0.6) is 11.5 Å². The number of benzene rings is 3. The molecule has 0 fully saturated rings. The third kappa shape index (κ3) is 4.16. The van der Waals surface area contributed by atoms with Crippen LogP contribution in [0.25, 0.3) is 11.0 Å². The summed E-state index contributed by atoms with van der Waals surface area (Å²) in [5.41, 5.74) is 3.48. The van der Waals surface area contributed by atoms with Crippen molar-refractivity contribution in [1.29, 1.82) is 0 Å². The molecule has 0 N–H and O–H groups in total. The molecule has 1 unspecified atom stereocenters. The predicted octanol–water partition coefficient (Wildman–Crippen LogP) is 5.30. The number of carbonyl (C=O) groups excluding carboxylic acids is 1. The Bertz CT molecular complexity index is 1450. The molecule has 6 nitrogen and oxygen atoms in total. The normalized spacial score (nSPS) is 14.9. The summed E-state index contributed by atoms with van der Waals surface area (Å²) in [6.07, 6.45) is 0.623. The summed E-state index contributed by atoms with van der Waals surface area (Å²) in [7, 11) is 1.63. The van der Waals surface area contributed by atoms with Gasteiger partial charge in [-0.2, -0.15) is 0 Å². The van der Waals surface area contributed by atoms with Gasteiger partial charge in [-0.05, 0) is 67.8 Å². The monoisotopic (exact) mass is 469 g/mol. The lowest BCUT2D eigenvalue weighted by Crippen LogP contribution is -2.31. The number of aryl methyl sites for hydroxylation is 1. The molecule has 2 heterocycles. The van der Waals surface area contributed by atoms with Crippen LogP contribution in [-0.2, 0) is 6.42 Å². The summed E-state index contributed by atoms with van der Waals surface area (Å²) in [5.74, 6) is 1.32. The summed E-state index contributed by atoms with van der Waals surface area (Å²) in [5, 5.41) is 0.486. The average Bonchev–Trinajstić information content (AvgIpc) is 3.15. The molecule has 6 heteroatoms. The maximum atomic E-state index is 13.7. The van der Waals surface area contributed by atoms with E-state index in [0.29, 0.717) is 41.9 Å². The fourth-order valence-corrected chi connectivity index (χ4v) is 4.69. The SMILES string of the molecule is CCOc1cccc(C2c3c(oc4ccc(C)cc4c3=O)C(=O)N2CCc2ccc(OC)cc2)c1.